The van der Waals surface area contributed by atoms with Gasteiger partial charge in [0.05, 0.1) is 5.69 Å². The molecular formula is C14H13ClN2O2. The summed E-state index contributed by atoms with van der Waals surface area (Å²) in [6.45, 7) is 0.390. The van der Waals surface area contributed by atoms with Crippen LogP contribution in [-0.2, 0) is 0 Å². The molecule has 0 unspecified atom stereocenters. The van der Waals surface area contributed by atoms with E-state index in [2.05, 4.69) is 0 Å². The van der Waals surface area contributed by atoms with E-state index in [1.165, 1.54) is 4.90 Å². The van der Waals surface area contributed by atoms with Crippen LogP contribution in [-0.4, -0.2) is 23.6 Å². The number of hydrogen-bond donors (Lipinski definition) is 2. The fourth-order valence-corrected chi connectivity index (χ4v) is 3.03. The molecule has 0 radical (unpaired) electrons. The van der Waals surface area contributed by atoms with Crippen LogP contribution >= 0.6 is 11.6 Å². The van der Waals surface area contributed by atoms with E-state index in [0.29, 0.717) is 23.8 Å². The molecule has 2 aromatic rings. The van der Waals surface area contributed by atoms with Crippen LogP contribution in [0.5, 0.6) is 0 Å². The molecule has 0 aromatic heterocycles. The van der Waals surface area contributed by atoms with Crippen LogP contribution in [0.2, 0.25) is 0 Å². The molecule has 0 aliphatic carbocycles. The Morgan fingerprint density at radius 1 is 1.42 bits per heavy atom. The Labute approximate surface area is 115 Å². The van der Waals surface area contributed by atoms with E-state index >= 15 is 0 Å². The fourth-order valence-electron chi connectivity index (χ4n) is 2.78. The van der Waals surface area contributed by atoms with Gasteiger partial charge in [-0.3, -0.25) is 4.90 Å². The van der Waals surface area contributed by atoms with E-state index in [0.717, 1.165) is 16.3 Å². The number of carboxylic acid groups (broad SMARTS) is 1. The maximum atomic E-state index is 11.3. The van der Waals surface area contributed by atoms with Crippen LogP contribution in [0.15, 0.2) is 30.3 Å². The minimum absolute atomic E-state index is 0.0123. The molecule has 1 heterocycles. The number of carbonyl (C=O) groups is 1. The number of anilines is 2. The molecule has 0 fully saturated rings. The van der Waals surface area contributed by atoms with Gasteiger partial charge in [-0.15, -0.1) is 11.6 Å². The fraction of sp³-hybridized carbons (Fsp3) is 0.214. The van der Waals surface area contributed by atoms with Crippen LogP contribution in [0.3, 0.4) is 0 Å². The van der Waals surface area contributed by atoms with Gasteiger partial charge >= 0.3 is 6.09 Å². The standard InChI is InChI=1S/C14H13ClN2O2/c15-6-8-7-17(14(18)19)12-5-11(16)9-3-1-2-4-10(9)13(8)12/h1-5,8H,6-7,16H2,(H,18,19)/t8-/m1/s1. The third-order valence-electron chi connectivity index (χ3n) is 3.62. The van der Waals surface area contributed by atoms with E-state index in [-0.39, 0.29) is 5.92 Å². The number of nitrogens with zero attached hydrogens (tertiary/aromatic N) is 1. The van der Waals surface area contributed by atoms with Crippen molar-refractivity contribution in [1.29, 1.82) is 0 Å². The second kappa shape index (κ2) is 4.31. The lowest BCUT2D eigenvalue weighted by molar-refractivity contribution is 0.202. The van der Waals surface area contributed by atoms with Crippen LogP contribution in [0, 0.1) is 0 Å². The van der Waals surface area contributed by atoms with Gasteiger partial charge < -0.3 is 10.8 Å². The van der Waals surface area contributed by atoms with Crippen molar-refractivity contribution in [3.8, 4) is 0 Å². The molecule has 1 aliphatic heterocycles. The third-order valence-corrected chi connectivity index (χ3v) is 3.99. The summed E-state index contributed by atoms with van der Waals surface area (Å²) in [4.78, 5) is 12.6. The van der Waals surface area contributed by atoms with Crippen molar-refractivity contribution >= 4 is 39.8 Å². The zero-order chi connectivity index (χ0) is 13.6. The number of amides is 1. The molecule has 4 nitrogen and oxygen atoms in total. The third kappa shape index (κ3) is 1.71. The van der Waals surface area contributed by atoms with Crippen molar-refractivity contribution < 1.29 is 9.90 Å². The molecule has 5 heteroatoms. The highest BCUT2D eigenvalue weighted by molar-refractivity contribution is 6.19. The second-order valence-corrected chi connectivity index (χ2v) is 5.00. The van der Waals surface area contributed by atoms with Gasteiger partial charge in [-0.2, -0.15) is 0 Å². The maximum Gasteiger partial charge on any atom is 0.411 e. The van der Waals surface area contributed by atoms with Crippen LogP contribution < -0.4 is 10.6 Å². The number of fused-ring (bicyclic) bond motifs is 3. The van der Waals surface area contributed by atoms with E-state index in [1.54, 1.807) is 6.07 Å². The summed E-state index contributed by atoms with van der Waals surface area (Å²) >= 11 is 5.99. The normalized spacial score (nSPS) is 17.7. The minimum Gasteiger partial charge on any atom is -0.465 e. The van der Waals surface area contributed by atoms with Gasteiger partial charge in [0, 0.05) is 29.4 Å². The molecule has 0 saturated carbocycles. The summed E-state index contributed by atoms with van der Waals surface area (Å²) in [6.07, 6.45) is -0.969. The van der Waals surface area contributed by atoms with Gasteiger partial charge in [0.1, 0.15) is 0 Å². The number of rotatable bonds is 1. The summed E-state index contributed by atoms with van der Waals surface area (Å²) in [5, 5.41) is 11.2. The highest BCUT2D eigenvalue weighted by Crippen LogP contribution is 2.43. The Balaban J connectivity index is 2.34. The molecular weight excluding hydrogens is 264 g/mol. The average molecular weight is 277 g/mol. The zero-order valence-corrected chi connectivity index (χ0v) is 10.9. The maximum absolute atomic E-state index is 11.3. The highest BCUT2D eigenvalue weighted by Gasteiger charge is 2.33. The van der Waals surface area contributed by atoms with Gasteiger partial charge in [-0.05, 0) is 17.0 Å². The Morgan fingerprint density at radius 2 is 2.11 bits per heavy atom. The number of benzene rings is 2. The van der Waals surface area contributed by atoms with Gasteiger partial charge in [-0.25, -0.2) is 4.79 Å². The van der Waals surface area contributed by atoms with Gasteiger partial charge in [0.2, 0.25) is 0 Å². The Bertz CT molecular complexity index is 672. The first-order chi connectivity index (χ1) is 9.13. The van der Waals surface area contributed by atoms with E-state index in [4.69, 9.17) is 17.3 Å². The first-order valence-corrected chi connectivity index (χ1v) is 6.54. The lowest BCUT2D eigenvalue weighted by Gasteiger charge is -2.14. The Morgan fingerprint density at radius 3 is 2.74 bits per heavy atom. The molecule has 2 aromatic carbocycles. The van der Waals surface area contributed by atoms with Crippen molar-refractivity contribution in [3.63, 3.8) is 0 Å². The summed E-state index contributed by atoms with van der Waals surface area (Å²) in [6, 6.07) is 9.49. The molecule has 0 saturated heterocycles. The average Bonchev–Trinajstić information content (AvgIpc) is 2.78. The summed E-state index contributed by atoms with van der Waals surface area (Å²) in [7, 11) is 0. The van der Waals surface area contributed by atoms with Crippen LogP contribution in [0.1, 0.15) is 11.5 Å². The molecule has 3 rings (SSSR count). The van der Waals surface area contributed by atoms with E-state index in [9.17, 15) is 9.90 Å². The molecule has 1 atom stereocenters. The predicted molar refractivity (Wildman–Crippen MR) is 77.2 cm³/mol. The summed E-state index contributed by atoms with van der Waals surface area (Å²) in [5.74, 6) is 0.406. The Hall–Kier alpha value is -1.94. The number of halogens is 1. The SMILES string of the molecule is Nc1cc2c(c3ccccc13)[C@H](CCl)CN2C(=O)O. The highest BCUT2D eigenvalue weighted by atomic mass is 35.5. The van der Waals surface area contributed by atoms with Crippen LogP contribution in [0.25, 0.3) is 10.8 Å². The van der Waals surface area contributed by atoms with Crippen molar-refractivity contribution in [1.82, 2.24) is 0 Å². The van der Waals surface area contributed by atoms with E-state index < -0.39 is 6.09 Å². The lowest BCUT2D eigenvalue weighted by atomic mass is 9.95. The topological polar surface area (TPSA) is 66.6 Å². The molecule has 19 heavy (non-hydrogen) atoms. The number of hydrogen-bond acceptors (Lipinski definition) is 2. The first-order valence-electron chi connectivity index (χ1n) is 6.01. The van der Waals surface area contributed by atoms with Crippen molar-refractivity contribution in [2.45, 2.75) is 5.92 Å². The zero-order valence-electron chi connectivity index (χ0n) is 10.1. The quantitative estimate of drug-likeness (QED) is 0.621. The summed E-state index contributed by atoms with van der Waals surface area (Å²) in [5.41, 5.74) is 8.27. The molecule has 1 amide bonds. The van der Waals surface area contributed by atoms with Gasteiger partial charge in [0.25, 0.3) is 0 Å². The van der Waals surface area contributed by atoms with E-state index in [1.807, 2.05) is 24.3 Å². The number of nitrogens with two attached hydrogens (primary N) is 1. The lowest BCUT2D eigenvalue weighted by Crippen LogP contribution is -2.28. The number of nitrogen functional groups attached to an aromatic ring is 1. The van der Waals surface area contributed by atoms with Gasteiger partial charge in [0.15, 0.2) is 0 Å². The molecule has 98 valence electrons. The molecule has 1 aliphatic rings. The summed E-state index contributed by atoms with van der Waals surface area (Å²) < 4.78 is 0. The van der Waals surface area contributed by atoms with Crippen molar-refractivity contribution in [2.75, 3.05) is 23.1 Å². The van der Waals surface area contributed by atoms with Crippen molar-refractivity contribution in [3.05, 3.63) is 35.9 Å². The predicted octanol–water partition coefficient (Wildman–Crippen LogP) is 3.24. The number of alkyl halides is 1. The monoisotopic (exact) mass is 276 g/mol. The van der Waals surface area contributed by atoms with Crippen LogP contribution in [0.4, 0.5) is 16.2 Å². The molecule has 0 bridgehead atoms. The molecule has 3 N–H and O–H groups in total. The minimum atomic E-state index is -0.969. The van der Waals surface area contributed by atoms with Gasteiger partial charge in [-0.1, -0.05) is 24.3 Å². The largest absolute Gasteiger partial charge is 0.465 e. The van der Waals surface area contributed by atoms with Crippen molar-refractivity contribution in [2.24, 2.45) is 0 Å². The molecule has 0 spiro atoms. The first kappa shape index (κ1) is 12.1. The smallest absolute Gasteiger partial charge is 0.411 e. The second-order valence-electron chi connectivity index (χ2n) is 4.69. The Kier molecular flexibility index (Phi) is 2.75.